The van der Waals surface area contributed by atoms with Gasteiger partial charge in [-0.25, -0.2) is 27.3 Å². The SMILES string of the molecule is CN=S(=O)(CCCCc1nonc1C(=Nc1ccc(F)c(C)c1)NO)NC. The summed E-state index contributed by atoms with van der Waals surface area (Å²) in [5.41, 5.74) is 3.61. The van der Waals surface area contributed by atoms with Crippen molar-refractivity contribution in [2.24, 2.45) is 9.36 Å². The lowest BCUT2D eigenvalue weighted by Gasteiger charge is -2.07. The van der Waals surface area contributed by atoms with E-state index in [4.69, 9.17) is 4.63 Å². The molecule has 1 heterocycles. The highest BCUT2D eigenvalue weighted by Gasteiger charge is 2.17. The maximum absolute atomic E-state index is 13.4. The number of benzene rings is 1. The third kappa shape index (κ3) is 5.55. The first-order valence-corrected chi connectivity index (χ1v) is 9.99. The average molecular weight is 398 g/mol. The zero-order chi connectivity index (χ0) is 19.9. The molecule has 0 aliphatic carbocycles. The second-order valence-electron chi connectivity index (χ2n) is 5.75. The zero-order valence-corrected chi connectivity index (χ0v) is 16.2. The van der Waals surface area contributed by atoms with E-state index in [0.29, 0.717) is 42.0 Å². The summed E-state index contributed by atoms with van der Waals surface area (Å²) in [7, 11) is 0.756. The van der Waals surface area contributed by atoms with Crippen molar-refractivity contribution in [2.45, 2.75) is 26.2 Å². The number of aryl methyl sites for hydroxylation is 2. The van der Waals surface area contributed by atoms with Gasteiger partial charge in [0.1, 0.15) is 21.4 Å². The predicted molar refractivity (Wildman–Crippen MR) is 99.9 cm³/mol. The minimum absolute atomic E-state index is 0.0415. The molecule has 2 aromatic rings. The summed E-state index contributed by atoms with van der Waals surface area (Å²) >= 11 is 0. The number of aliphatic imine (C=N–C) groups is 1. The Balaban J connectivity index is 2.10. The van der Waals surface area contributed by atoms with Crippen LogP contribution in [-0.4, -0.2) is 45.4 Å². The van der Waals surface area contributed by atoms with Gasteiger partial charge in [0.25, 0.3) is 0 Å². The highest BCUT2D eigenvalue weighted by atomic mass is 32.2. The van der Waals surface area contributed by atoms with Crippen LogP contribution in [0.25, 0.3) is 0 Å². The number of aromatic nitrogens is 2. The summed E-state index contributed by atoms with van der Waals surface area (Å²) in [6, 6.07) is 4.32. The largest absolute Gasteiger partial charge is 0.290 e. The Bertz CT molecular complexity index is 921. The fourth-order valence-corrected chi connectivity index (χ4v) is 3.55. The van der Waals surface area contributed by atoms with E-state index in [1.54, 1.807) is 20.0 Å². The van der Waals surface area contributed by atoms with Gasteiger partial charge in [-0.05, 0) is 62.2 Å². The van der Waals surface area contributed by atoms with Crippen LogP contribution in [0.15, 0.2) is 32.2 Å². The van der Waals surface area contributed by atoms with Crippen molar-refractivity contribution in [2.75, 3.05) is 19.8 Å². The molecule has 0 bridgehead atoms. The van der Waals surface area contributed by atoms with Crippen molar-refractivity contribution in [3.05, 3.63) is 41.0 Å². The van der Waals surface area contributed by atoms with E-state index in [1.807, 2.05) is 5.48 Å². The van der Waals surface area contributed by atoms with E-state index in [-0.39, 0.29) is 17.3 Å². The molecule has 1 unspecified atom stereocenters. The van der Waals surface area contributed by atoms with Crippen LogP contribution in [0.2, 0.25) is 0 Å². The molecule has 1 atom stereocenters. The van der Waals surface area contributed by atoms with E-state index < -0.39 is 9.92 Å². The van der Waals surface area contributed by atoms with E-state index in [0.717, 1.165) is 0 Å². The number of hydrogen-bond acceptors (Lipinski definition) is 7. The van der Waals surface area contributed by atoms with Crippen molar-refractivity contribution in [3.8, 4) is 0 Å². The molecule has 0 spiro atoms. The van der Waals surface area contributed by atoms with E-state index >= 15 is 0 Å². The summed E-state index contributed by atoms with van der Waals surface area (Å²) in [4.78, 5) is 4.23. The second-order valence-corrected chi connectivity index (χ2v) is 8.22. The summed E-state index contributed by atoms with van der Waals surface area (Å²) < 4.78 is 36.9. The van der Waals surface area contributed by atoms with Crippen LogP contribution < -0.4 is 10.2 Å². The number of amidine groups is 1. The standard InChI is InChI=1S/C16H23FN6O3S/c1-11-10-12(7-8-13(11)17)20-16(21-24)15-14(22-26-23-15)6-4-5-9-27(25,18-2)19-3/h7-8,10,24H,4-6,9H2,1-3H3,(H,20,21)(H,18,19,25). The lowest BCUT2D eigenvalue weighted by atomic mass is 10.1. The number of rotatable bonds is 8. The topological polar surface area (TPSA) is 125 Å². The highest BCUT2D eigenvalue weighted by molar-refractivity contribution is 7.91. The molecular formula is C16H23FN6O3S. The highest BCUT2D eigenvalue weighted by Crippen LogP contribution is 2.18. The Morgan fingerprint density at radius 3 is 2.78 bits per heavy atom. The van der Waals surface area contributed by atoms with E-state index in [2.05, 4.69) is 24.4 Å². The van der Waals surface area contributed by atoms with Crippen molar-refractivity contribution >= 4 is 21.4 Å². The molecule has 1 aromatic heterocycles. The van der Waals surface area contributed by atoms with Crippen molar-refractivity contribution in [1.82, 2.24) is 20.5 Å². The third-order valence-electron chi connectivity index (χ3n) is 3.97. The zero-order valence-electron chi connectivity index (χ0n) is 15.4. The van der Waals surface area contributed by atoms with Gasteiger partial charge < -0.3 is 0 Å². The smallest absolute Gasteiger partial charge is 0.181 e. The van der Waals surface area contributed by atoms with Crippen molar-refractivity contribution in [1.29, 1.82) is 0 Å². The Morgan fingerprint density at radius 2 is 2.15 bits per heavy atom. The molecule has 0 amide bonds. The van der Waals surface area contributed by atoms with Gasteiger partial charge >= 0.3 is 0 Å². The summed E-state index contributed by atoms with van der Waals surface area (Å²) in [5, 5.41) is 17.1. The van der Waals surface area contributed by atoms with Gasteiger partial charge in [-0.2, -0.15) is 0 Å². The second kappa shape index (κ2) is 9.53. The van der Waals surface area contributed by atoms with Gasteiger partial charge in [-0.15, -0.1) is 0 Å². The van der Waals surface area contributed by atoms with Gasteiger partial charge in [-0.3, -0.25) is 10.7 Å². The molecule has 0 aliphatic heterocycles. The maximum atomic E-state index is 13.4. The molecule has 2 rings (SSSR count). The lowest BCUT2D eigenvalue weighted by molar-refractivity contribution is 0.234. The normalized spacial score (nSPS) is 14.0. The quantitative estimate of drug-likeness (QED) is 0.271. The maximum Gasteiger partial charge on any atom is 0.181 e. The molecule has 9 nitrogen and oxygen atoms in total. The number of hydroxylamine groups is 1. The molecule has 0 radical (unpaired) electrons. The minimum Gasteiger partial charge on any atom is -0.290 e. The fraction of sp³-hybridized carbons (Fsp3) is 0.438. The number of unbranched alkanes of at least 4 members (excludes halogenated alkanes) is 1. The first kappa shape index (κ1) is 20.9. The first-order chi connectivity index (χ1) is 12.9. The Hall–Kier alpha value is -2.37. The van der Waals surface area contributed by atoms with Crippen LogP contribution in [-0.2, 0) is 16.3 Å². The van der Waals surface area contributed by atoms with E-state index in [1.165, 1.54) is 19.2 Å². The van der Waals surface area contributed by atoms with Gasteiger partial charge in [0, 0.05) is 12.8 Å². The van der Waals surface area contributed by atoms with Crippen LogP contribution in [0.3, 0.4) is 0 Å². The number of nitrogens with zero attached hydrogens (tertiary/aromatic N) is 4. The van der Waals surface area contributed by atoms with Crippen LogP contribution in [0, 0.1) is 12.7 Å². The predicted octanol–water partition coefficient (Wildman–Crippen LogP) is 2.13. The molecule has 27 heavy (non-hydrogen) atoms. The fourth-order valence-electron chi connectivity index (χ4n) is 2.38. The van der Waals surface area contributed by atoms with E-state index in [9.17, 15) is 13.8 Å². The molecular weight excluding hydrogens is 375 g/mol. The molecule has 0 fully saturated rings. The van der Waals surface area contributed by atoms with Crippen LogP contribution in [0.1, 0.15) is 29.8 Å². The summed E-state index contributed by atoms with van der Waals surface area (Å²) in [5.74, 6) is 0.113. The average Bonchev–Trinajstić information content (AvgIpc) is 3.14. The summed E-state index contributed by atoms with van der Waals surface area (Å²) in [6.07, 6.45) is 1.81. The molecule has 0 saturated carbocycles. The Morgan fingerprint density at radius 1 is 1.37 bits per heavy atom. The van der Waals surface area contributed by atoms with Gasteiger partial charge in [0.2, 0.25) is 0 Å². The van der Waals surface area contributed by atoms with Gasteiger partial charge in [0.05, 0.1) is 5.69 Å². The molecule has 1 aromatic carbocycles. The molecule has 3 N–H and O–H groups in total. The Labute approximate surface area is 157 Å². The van der Waals surface area contributed by atoms with Crippen molar-refractivity contribution < 1.29 is 18.4 Å². The van der Waals surface area contributed by atoms with Crippen molar-refractivity contribution in [3.63, 3.8) is 0 Å². The van der Waals surface area contributed by atoms with Gasteiger partial charge in [-0.1, -0.05) is 5.16 Å². The molecule has 0 aliphatic rings. The van der Waals surface area contributed by atoms with Crippen LogP contribution >= 0.6 is 0 Å². The molecule has 148 valence electrons. The number of halogens is 1. The lowest BCUT2D eigenvalue weighted by Crippen LogP contribution is -2.22. The van der Waals surface area contributed by atoms with Gasteiger partial charge in [0.15, 0.2) is 11.5 Å². The number of hydrogen-bond donors (Lipinski definition) is 3. The summed E-state index contributed by atoms with van der Waals surface area (Å²) in [6.45, 7) is 1.62. The Kier molecular flexibility index (Phi) is 7.39. The van der Waals surface area contributed by atoms with Crippen LogP contribution in [0.4, 0.5) is 10.1 Å². The minimum atomic E-state index is -2.38. The monoisotopic (exact) mass is 398 g/mol. The molecule has 11 heteroatoms. The number of nitrogens with one attached hydrogen (secondary N) is 2. The first-order valence-electron chi connectivity index (χ1n) is 8.30. The van der Waals surface area contributed by atoms with Crippen LogP contribution in [0.5, 0.6) is 0 Å². The molecule has 0 saturated heterocycles. The third-order valence-corrected chi connectivity index (χ3v) is 6.04.